The third-order valence-corrected chi connectivity index (χ3v) is 5.89. The van der Waals surface area contributed by atoms with E-state index in [-0.39, 0.29) is 6.03 Å². The van der Waals surface area contributed by atoms with Crippen LogP contribution in [0.3, 0.4) is 0 Å². The minimum Gasteiger partial charge on any atom is -0.361 e. The molecule has 138 valence electrons. The summed E-state index contributed by atoms with van der Waals surface area (Å²) in [5.41, 5.74) is 0.971. The Balaban J connectivity index is 1.24. The highest BCUT2D eigenvalue weighted by Gasteiger charge is 2.37. The molecule has 3 aliphatic rings. The molecule has 1 N–H and O–H groups in total. The van der Waals surface area contributed by atoms with Gasteiger partial charge in [-0.2, -0.15) is 0 Å². The Kier molecular flexibility index (Phi) is 4.94. The molecule has 0 radical (unpaired) electrons. The lowest BCUT2D eigenvalue weighted by atomic mass is 9.99. The van der Waals surface area contributed by atoms with Crippen LogP contribution in [0.2, 0.25) is 0 Å². The molecule has 3 aliphatic heterocycles. The van der Waals surface area contributed by atoms with Crippen molar-refractivity contribution in [1.29, 1.82) is 0 Å². The Morgan fingerprint density at radius 2 is 2.04 bits per heavy atom. The van der Waals surface area contributed by atoms with Crippen molar-refractivity contribution in [3.05, 3.63) is 17.5 Å². The maximum absolute atomic E-state index is 12.6. The summed E-state index contributed by atoms with van der Waals surface area (Å²) in [4.78, 5) is 19.5. The summed E-state index contributed by atoms with van der Waals surface area (Å²) in [5.74, 6) is 0.848. The van der Waals surface area contributed by atoms with Gasteiger partial charge in [-0.3, -0.25) is 9.80 Å². The fourth-order valence-electron chi connectivity index (χ4n) is 4.50. The molecular weight excluding hydrogens is 318 g/mol. The summed E-state index contributed by atoms with van der Waals surface area (Å²) in [7, 11) is 0. The number of rotatable bonds is 3. The van der Waals surface area contributed by atoms with E-state index < -0.39 is 0 Å². The Morgan fingerprint density at radius 1 is 1.20 bits per heavy atom. The Morgan fingerprint density at radius 3 is 2.80 bits per heavy atom. The average molecular weight is 347 g/mol. The molecule has 4 heterocycles. The van der Waals surface area contributed by atoms with E-state index in [2.05, 4.69) is 20.3 Å². The summed E-state index contributed by atoms with van der Waals surface area (Å²) >= 11 is 0. The van der Waals surface area contributed by atoms with Gasteiger partial charge in [-0.25, -0.2) is 4.79 Å². The average Bonchev–Trinajstić information content (AvgIpc) is 3.22. The van der Waals surface area contributed by atoms with Gasteiger partial charge in [0.1, 0.15) is 5.76 Å². The van der Waals surface area contributed by atoms with Gasteiger partial charge in [-0.1, -0.05) is 11.6 Å². The molecule has 7 nitrogen and oxygen atoms in total. The van der Waals surface area contributed by atoms with E-state index in [1.165, 1.54) is 25.8 Å². The van der Waals surface area contributed by atoms with E-state index in [1.54, 1.807) is 0 Å². The van der Waals surface area contributed by atoms with E-state index >= 15 is 0 Å². The van der Waals surface area contributed by atoms with Crippen molar-refractivity contribution in [1.82, 2.24) is 25.2 Å². The molecule has 0 aromatic carbocycles. The summed E-state index contributed by atoms with van der Waals surface area (Å²) in [6, 6.07) is 3.00. The second kappa shape index (κ2) is 7.33. The van der Waals surface area contributed by atoms with Crippen LogP contribution < -0.4 is 5.32 Å². The Bertz CT molecular complexity index is 596. The quantitative estimate of drug-likeness (QED) is 0.896. The van der Waals surface area contributed by atoms with Gasteiger partial charge in [-0.15, -0.1) is 0 Å². The predicted molar refractivity (Wildman–Crippen MR) is 94.2 cm³/mol. The Labute approximate surface area is 149 Å². The number of piperidine rings is 1. The van der Waals surface area contributed by atoms with Crippen molar-refractivity contribution < 1.29 is 9.32 Å². The van der Waals surface area contributed by atoms with Crippen LogP contribution >= 0.6 is 0 Å². The largest absolute Gasteiger partial charge is 0.361 e. The monoisotopic (exact) mass is 347 g/mol. The van der Waals surface area contributed by atoms with Crippen molar-refractivity contribution in [2.45, 2.75) is 51.2 Å². The number of fused-ring (bicyclic) bond motifs is 1. The highest BCUT2D eigenvalue weighted by molar-refractivity contribution is 5.74. The van der Waals surface area contributed by atoms with Crippen molar-refractivity contribution >= 4 is 6.03 Å². The maximum atomic E-state index is 12.6. The van der Waals surface area contributed by atoms with Crippen LogP contribution in [0.5, 0.6) is 0 Å². The zero-order valence-corrected chi connectivity index (χ0v) is 15.1. The van der Waals surface area contributed by atoms with Crippen molar-refractivity contribution in [3.63, 3.8) is 0 Å². The SMILES string of the molecule is Cc1cc(CN2CCN(C(=O)N[C@@H]3CCN4CCCC[C@H]34)CC2)no1. The molecule has 0 aliphatic carbocycles. The number of nitrogens with zero attached hydrogens (tertiary/aromatic N) is 4. The number of carbonyl (C=O) groups is 1. The molecule has 0 spiro atoms. The van der Waals surface area contributed by atoms with Crippen LogP contribution in [0.4, 0.5) is 4.79 Å². The third kappa shape index (κ3) is 3.82. The predicted octanol–water partition coefficient (Wildman–Crippen LogP) is 1.44. The lowest BCUT2D eigenvalue weighted by Crippen LogP contribution is -2.55. The molecule has 4 rings (SSSR count). The molecule has 25 heavy (non-hydrogen) atoms. The lowest BCUT2D eigenvalue weighted by Gasteiger charge is -2.36. The zero-order valence-electron chi connectivity index (χ0n) is 15.1. The smallest absolute Gasteiger partial charge is 0.317 e. The molecule has 1 aromatic heterocycles. The van der Waals surface area contributed by atoms with E-state index in [1.807, 2.05) is 17.9 Å². The van der Waals surface area contributed by atoms with Crippen LogP contribution in [-0.2, 0) is 6.54 Å². The first-order valence-electron chi connectivity index (χ1n) is 9.63. The van der Waals surface area contributed by atoms with Crippen LogP contribution in [-0.4, -0.2) is 77.2 Å². The molecule has 2 amide bonds. The van der Waals surface area contributed by atoms with Crippen LogP contribution in [0.25, 0.3) is 0 Å². The number of hydrogen-bond donors (Lipinski definition) is 1. The standard InChI is InChI=1S/C18H29N5O2/c1-14-12-15(20-25-14)13-21-8-10-23(11-9-21)18(24)19-16-5-7-22-6-3-2-4-17(16)22/h12,16-17H,2-11,13H2,1H3,(H,19,24)/t16-,17-/m1/s1. The normalized spacial score (nSPS) is 28.1. The molecular formula is C18H29N5O2. The molecule has 2 atom stereocenters. The first kappa shape index (κ1) is 16.8. The Hall–Kier alpha value is -1.60. The first-order valence-corrected chi connectivity index (χ1v) is 9.63. The van der Waals surface area contributed by atoms with Crippen LogP contribution in [0, 0.1) is 6.92 Å². The topological polar surface area (TPSA) is 64.8 Å². The second-order valence-corrected chi connectivity index (χ2v) is 7.64. The summed E-state index contributed by atoms with van der Waals surface area (Å²) in [6.45, 7) is 8.39. The molecule has 0 unspecified atom stereocenters. The first-order chi connectivity index (χ1) is 12.2. The van der Waals surface area contributed by atoms with Crippen LogP contribution in [0.15, 0.2) is 10.6 Å². The van der Waals surface area contributed by atoms with Gasteiger partial charge in [-0.05, 0) is 32.7 Å². The summed E-state index contributed by atoms with van der Waals surface area (Å²) in [5, 5.41) is 7.37. The number of nitrogens with one attached hydrogen (secondary N) is 1. The highest BCUT2D eigenvalue weighted by Crippen LogP contribution is 2.27. The van der Waals surface area contributed by atoms with Gasteiger partial charge in [0.25, 0.3) is 0 Å². The molecule has 1 aromatic rings. The second-order valence-electron chi connectivity index (χ2n) is 7.64. The van der Waals surface area contributed by atoms with Gasteiger partial charge in [0.2, 0.25) is 0 Å². The van der Waals surface area contributed by atoms with Gasteiger partial charge >= 0.3 is 6.03 Å². The summed E-state index contributed by atoms with van der Waals surface area (Å²) in [6.07, 6.45) is 4.94. The number of carbonyl (C=O) groups excluding carboxylic acids is 1. The number of hydrogen-bond acceptors (Lipinski definition) is 5. The molecule has 0 saturated carbocycles. The number of piperazine rings is 1. The van der Waals surface area contributed by atoms with E-state index in [9.17, 15) is 4.79 Å². The van der Waals surface area contributed by atoms with Crippen molar-refractivity contribution in [3.8, 4) is 0 Å². The lowest BCUT2D eigenvalue weighted by molar-refractivity contribution is 0.127. The number of aryl methyl sites for hydroxylation is 1. The fraction of sp³-hybridized carbons (Fsp3) is 0.778. The van der Waals surface area contributed by atoms with Gasteiger partial charge in [0, 0.05) is 57.4 Å². The van der Waals surface area contributed by atoms with E-state index in [4.69, 9.17) is 4.52 Å². The molecule has 3 fully saturated rings. The van der Waals surface area contributed by atoms with Gasteiger partial charge in [0.05, 0.1) is 5.69 Å². The minimum absolute atomic E-state index is 0.120. The maximum Gasteiger partial charge on any atom is 0.317 e. The van der Waals surface area contributed by atoms with E-state index in [0.29, 0.717) is 12.1 Å². The van der Waals surface area contributed by atoms with Crippen LogP contribution in [0.1, 0.15) is 37.1 Å². The highest BCUT2D eigenvalue weighted by atomic mass is 16.5. The number of amides is 2. The van der Waals surface area contributed by atoms with Gasteiger partial charge in [0.15, 0.2) is 0 Å². The molecule has 7 heteroatoms. The van der Waals surface area contributed by atoms with Gasteiger partial charge < -0.3 is 14.7 Å². The molecule has 0 bridgehead atoms. The van der Waals surface area contributed by atoms with E-state index in [0.717, 1.165) is 57.1 Å². The molecule has 3 saturated heterocycles. The van der Waals surface area contributed by atoms with Crippen molar-refractivity contribution in [2.75, 3.05) is 39.3 Å². The zero-order chi connectivity index (χ0) is 17.2. The third-order valence-electron chi connectivity index (χ3n) is 5.89. The number of urea groups is 1. The number of aromatic nitrogens is 1. The minimum atomic E-state index is 0.120. The summed E-state index contributed by atoms with van der Waals surface area (Å²) < 4.78 is 5.13. The fourth-order valence-corrected chi connectivity index (χ4v) is 4.50. The van der Waals surface area contributed by atoms with Crippen molar-refractivity contribution in [2.24, 2.45) is 0 Å².